The highest BCUT2D eigenvalue weighted by Gasteiger charge is 2.67. The Bertz CT molecular complexity index is 2900. The lowest BCUT2D eigenvalue weighted by molar-refractivity contribution is -0.139. The zero-order valence-electron chi connectivity index (χ0n) is 30.9. The van der Waals surface area contributed by atoms with E-state index in [-0.39, 0.29) is 90.9 Å². The number of hydrogen-bond acceptors (Lipinski definition) is 15. The first-order chi connectivity index (χ1) is 28.8. The number of fused-ring (bicyclic) bond motifs is 8. The van der Waals surface area contributed by atoms with Crippen molar-refractivity contribution in [1.29, 1.82) is 0 Å². The zero-order valence-corrected chi connectivity index (χ0v) is 30.9. The SMILES string of the molecule is COc1c(O)cc(/C=C\c2cc(O)cc3c2[C@@]2(C(=O)O3)c3c(O)cc(O)cc3O[C@@H]2c2ccc(O)cc2)c2c1OC(=O)[C@@]21c2c(O)cc(O)cc2O[C@@H]1c1ccc(O)cc1. The van der Waals surface area contributed by atoms with Crippen molar-refractivity contribution < 1.29 is 74.1 Å². The normalized spacial score (nSPS) is 21.6. The van der Waals surface area contributed by atoms with E-state index in [1.807, 2.05) is 0 Å². The molecule has 0 fully saturated rings. The van der Waals surface area contributed by atoms with Crippen molar-refractivity contribution in [2.75, 3.05) is 7.11 Å². The maximum Gasteiger partial charge on any atom is 0.331 e. The number of esters is 2. The minimum atomic E-state index is -2.04. The molecule has 4 heterocycles. The highest BCUT2D eigenvalue weighted by atomic mass is 16.6. The molecule has 0 unspecified atom stereocenters. The Morgan fingerprint density at radius 2 is 0.950 bits per heavy atom. The van der Waals surface area contributed by atoms with Crippen LogP contribution in [0, 0.1) is 0 Å². The molecule has 0 radical (unpaired) electrons. The average molecular weight is 811 g/mol. The highest BCUT2D eigenvalue weighted by molar-refractivity contribution is 6.03. The van der Waals surface area contributed by atoms with Crippen LogP contribution in [0.5, 0.6) is 74.7 Å². The second-order valence-corrected chi connectivity index (χ2v) is 14.7. The van der Waals surface area contributed by atoms with Crippen molar-refractivity contribution >= 4 is 24.1 Å². The minimum absolute atomic E-state index is 0.0418. The molecule has 8 N–H and O–H groups in total. The quantitative estimate of drug-likeness (QED) is 0.0550. The maximum absolute atomic E-state index is 14.6. The van der Waals surface area contributed by atoms with Crippen LogP contribution in [-0.4, -0.2) is 59.9 Å². The third kappa shape index (κ3) is 4.70. The average Bonchev–Trinajstić information content (AvgIpc) is 3.90. The van der Waals surface area contributed by atoms with Gasteiger partial charge in [0.15, 0.2) is 22.3 Å². The molecule has 4 aliphatic rings. The van der Waals surface area contributed by atoms with E-state index in [2.05, 4.69) is 0 Å². The van der Waals surface area contributed by atoms with E-state index in [1.165, 1.54) is 98.1 Å². The van der Waals surface area contributed by atoms with Crippen LogP contribution in [0.1, 0.15) is 56.7 Å². The molecular formula is C45H30O15. The van der Waals surface area contributed by atoms with Crippen LogP contribution in [0.2, 0.25) is 0 Å². The number of hydrogen-bond donors (Lipinski definition) is 8. The van der Waals surface area contributed by atoms with Crippen LogP contribution in [0.25, 0.3) is 12.2 Å². The fraction of sp³-hybridized carbons (Fsp3) is 0.111. The molecule has 60 heavy (non-hydrogen) atoms. The van der Waals surface area contributed by atoms with Crippen LogP contribution in [0.15, 0.2) is 91.0 Å². The third-order valence-corrected chi connectivity index (χ3v) is 11.4. The molecule has 15 heteroatoms. The molecule has 2 spiro atoms. The van der Waals surface area contributed by atoms with E-state index < -0.39 is 52.2 Å². The van der Waals surface area contributed by atoms with Crippen molar-refractivity contribution in [3.8, 4) is 74.7 Å². The van der Waals surface area contributed by atoms with Crippen LogP contribution >= 0.6 is 0 Å². The summed E-state index contributed by atoms with van der Waals surface area (Å²) >= 11 is 0. The number of carbonyl (C=O) groups excluding carboxylic acids is 2. The van der Waals surface area contributed by atoms with E-state index >= 15 is 0 Å². The molecule has 0 saturated heterocycles. The van der Waals surface area contributed by atoms with Crippen molar-refractivity contribution in [2.24, 2.45) is 0 Å². The first-order valence-electron chi connectivity index (χ1n) is 18.3. The van der Waals surface area contributed by atoms with Gasteiger partial charge in [0, 0.05) is 41.5 Å². The lowest BCUT2D eigenvalue weighted by atomic mass is 9.68. The molecule has 10 rings (SSSR count). The Morgan fingerprint density at radius 3 is 1.47 bits per heavy atom. The molecule has 0 saturated carbocycles. The Labute approximate surface area is 338 Å². The largest absolute Gasteiger partial charge is 0.508 e. The van der Waals surface area contributed by atoms with Gasteiger partial charge in [0.05, 0.1) is 18.2 Å². The van der Waals surface area contributed by atoms with Gasteiger partial charge in [0.2, 0.25) is 5.75 Å². The molecule has 0 aromatic heterocycles. The van der Waals surface area contributed by atoms with Gasteiger partial charge in [-0.15, -0.1) is 0 Å². The van der Waals surface area contributed by atoms with Crippen LogP contribution in [0.4, 0.5) is 0 Å². The molecule has 4 aliphatic heterocycles. The number of carbonyl (C=O) groups is 2. The summed E-state index contributed by atoms with van der Waals surface area (Å²) in [6.07, 6.45) is 0.367. The Hall–Kier alpha value is -8.20. The summed E-state index contributed by atoms with van der Waals surface area (Å²) in [5, 5.41) is 86.5. The van der Waals surface area contributed by atoms with Gasteiger partial charge in [-0.05, 0) is 58.7 Å². The number of benzene rings is 6. The van der Waals surface area contributed by atoms with E-state index in [0.29, 0.717) is 11.1 Å². The van der Waals surface area contributed by atoms with Gasteiger partial charge in [-0.3, -0.25) is 9.59 Å². The van der Waals surface area contributed by atoms with Crippen LogP contribution in [-0.2, 0) is 20.4 Å². The summed E-state index contributed by atoms with van der Waals surface area (Å²) in [6.45, 7) is 0. The van der Waals surface area contributed by atoms with Crippen molar-refractivity contribution in [1.82, 2.24) is 0 Å². The minimum Gasteiger partial charge on any atom is -0.508 e. The van der Waals surface area contributed by atoms with Gasteiger partial charge in [0.1, 0.15) is 69.7 Å². The molecular weight excluding hydrogens is 780 g/mol. The van der Waals surface area contributed by atoms with Crippen LogP contribution in [0.3, 0.4) is 0 Å². The highest BCUT2D eigenvalue weighted by Crippen LogP contribution is 2.67. The number of rotatable bonds is 5. The molecule has 0 bridgehead atoms. The standard InChI is InChI=1S/C45H30O15/c1-56-38-30(53)13-22(35-39(38)60-43(55)45(35)37-29(52)15-27(50)18-33(37)58-41(45)20-6-10-24(47)11-7-20)3-2-21-12-25(48)16-31-34(21)44(42(54)59-31)36-28(51)14-26(49)17-32(36)57-40(44)19-4-8-23(46)9-5-19/h2-18,40-41,46-53H,1H3/b3-2-/t40-,41-,44-,45-/m1/s1. The van der Waals surface area contributed by atoms with Gasteiger partial charge in [-0.2, -0.15) is 0 Å². The molecule has 15 nitrogen and oxygen atoms in total. The van der Waals surface area contributed by atoms with E-state index in [1.54, 1.807) is 0 Å². The smallest absolute Gasteiger partial charge is 0.331 e. The first-order valence-corrected chi connectivity index (χ1v) is 18.3. The Morgan fingerprint density at radius 1 is 0.500 bits per heavy atom. The molecule has 6 aromatic rings. The van der Waals surface area contributed by atoms with Gasteiger partial charge in [-0.25, -0.2) is 0 Å². The number of aromatic hydroxyl groups is 8. The van der Waals surface area contributed by atoms with Crippen LogP contribution < -0.4 is 23.7 Å². The lowest BCUT2D eigenvalue weighted by Gasteiger charge is -2.29. The van der Waals surface area contributed by atoms with E-state index in [4.69, 9.17) is 23.7 Å². The summed E-state index contributed by atoms with van der Waals surface area (Å²) in [5.74, 6) is -5.17. The second kappa shape index (κ2) is 12.4. The molecule has 6 aromatic carbocycles. The predicted molar refractivity (Wildman–Crippen MR) is 207 cm³/mol. The van der Waals surface area contributed by atoms with Crippen molar-refractivity contribution in [3.05, 3.63) is 136 Å². The van der Waals surface area contributed by atoms with Gasteiger partial charge in [0.25, 0.3) is 0 Å². The van der Waals surface area contributed by atoms with Gasteiger partial charge < -0.3 is 64.5 Å². The molecule has 0 aliphatic carbocycles. The second-order valence-electron chi connectivity index (χ2n) is 14.7. The molecule has 0 amide bonds. The lowest BCUT2D eigenvalue weighted by Crippen LogP contribution is -2.40. The van der Waals surface area contributed by atoms with Gasteiger partial charge in [-0.1, -0.05) is 36.4 Å². The van der Waals surface area contributed by atoms with Gasteiger partial charge >= 0.3 is 11.9 Å². The van der Waals surface area contributed by atoms with Crippen molar-refractivity contribution in [3.63, 3.8) is 0 Å². The fourth-order valence-corrected chi connectivity index (χ4v) is 9.18. The number of ether oxygens (including phenoxy) is 5. The summed E-state index contributed by atoms with van der Waals surface area (Å²) in [5.41, 5.74) is -3.00. The monoisotopic (exact) mass is 810 g/mol. The number of methoxy groups -OCH3 is 1. The molecule has 300 valence electrons. The fourth-order valence-electron chi connectivity index (χ4n) is 9.18. The third-order valence-electron chi connectivity index (χ3n) is 11.4. The summed E-state index contributed by atoms with van der Waals surface area (Å²) in [7, 11) is 1.25. The van der Waals surface area contributed by atoms with E-state index in [0.717, 1.165) is 12.1 Å². The predicted octanol–water partition coefficient (Wildman–Crippen LogP) is 6.19. The summed E-state index contributed by atoms with van der Waals surface area (Å²) in [6, 6.07) is 20.0. The Kier molecular flexibility index (Phi) is 7.47. The van der Waals surface area contributed by atoms with Crippen molar-refractivity contribution in [2.45, 2.75) is 23.0 Å². The number of phenolic OH excluding ortho intramolecular Hbond substituents is 8. The topological polar surface area (TPSA) is 242 Å². The zero-order chi connectivity index (χ0) is 42.0. The Balaban J connectivity index is 1.23. The number of phenols is 8. The van der Waals surface area contributed by atoms with E-state index in [9.17, 15) is 50.4 Å². The maximum atomic E-state index is 14.6. The first kappa shape index (κ1) is 36.2. The summed E-state index contributed by atoms with van der Waals surface area (Å²) in [4.78, 5) is 29.1. The molecule has 4 atom stereocenters. The summed E-state index contributed by atoms with van der Waals surface area (Å²) < 4.78 is 30.0.